The summed E-state index contributed by atoms with van der Waals surface area (Å²) in [6, 6.07) is 1.84. The fourth-order valence-corrected chi connectivity index (χ4v) is 0.698. The van der Waals surface area contributed by atoms with Crippen LogP contribution < -0.4 is 0 Å². The third-order valence-electron chi connectivity index (χ3n) is 1.42. The first-order valence-electron chi connectivity index (χ1n) is 3.75. The molecule has 0 aromatic heterocycles. The molecule has 0 spiro atoms. The lowest BCUT2D eigenvalue weighted by molar-refractivity contribution is 0.111. The highest BCUT2D eigenvalue weighted by Gasteiger charge is 2.16. The van der Waals surface area contributed by atoms with Crippen molar-refractivity contribution in [2.75, 3.05) is 0 Å². The number of nitriles is 1. The molecule has 62 valence electrons. The van der Waals surface area contributed by atoms with E-state index in [4.69, 9.17) is 5.26 Å². The van der Waals surface area contributed by atoms with Crippen LogP contribution in [0.4, 0.5) is 0 Å². The van der Waals surface area contributed by atoms with Gasteiger partial charge in [-0.05, 0) is 33.6 Å². The third-order valence-corrected chi connectivity index (χ3v) is 1.42. The Kier molecular flexibility index (Phi) is 3.84. The molecular formula is C9H15NO. The third kappa shape index (κ3) is 5.63. The summed E-state index contributed by atoms with van der Waals surface area (Å²) in [5, 5.41) is 17.7. The van der Waals surface area contributed by atoms with Crippen LogP contribution in [0.2, 0.25) is 0 Å². The second-order valence-corrected chi connectivity index (χ2v) is 3.21. The van der Waals surface area contributed by atoms with Crippen molar-refractivity contribution in [2.45, 2.75) is 39.2 Å². The van der Waals surface area contributed by atoms with Gasteiger partial charge >= 0.3 is 0 Å². The molecule has 0 bridgehead atoms. The van der Waals surface area contributed by atoms with Crippen molar-refractivity contribution in [1.82, 2.24) is 0 Å². The fourth-order valence-electron chi connectivity index (χ4n) is 0.698. The van der Waals surface area contributed by atoms with Crippen LogP contribution in [0, 0.1) is 11.3 Å². The van der Waals surface area contributed by atoms with E-state index >= 15 is 0 Å². The Morgan fingerprint density at radius 1 is 1.64 bits per heavy atom. The van der Waals surface area contributed by atoms with Crippen LogP contribution in [0.15, 0.2) is 11.6 Å². The van der Waals surface area contributed by atoms with Gasteiger partial charge in [0.05, 0.1) is 6.07 Å². The van der Waals surface area contributed by atoms with Gasteiger partial charge in [0.15, 0.2) is 0 Å². The molecule has 2 heteroatoms. The molecule has 0 radical (unpaired) electrons. The smallest absolute Gasteiger partial charge is 0.148 e. The molecule has 1 atom stereocenters. The average Bonchev–Trinajstić information content (AvgIpc) is 1.87. The molecule has 0 fully saturated rings. The minimum absolute atomic E-state index is 0.509. The Hall–Kier alpha value is -0.810. The summed E-state index contributed by atoms with van der Waals surface area (Å²) in [7, 11) is 0. The van der Waals surface area contributed by atoms with E-state index in [0.29, 0.717) is 6.42 Å². The van der Waals surface area contributed by atoms with Crippen molar-refractivity contribution in [3.05, 3.63) is 11.6 Å². The van der Waals surface area contributed by atoms with Crippen LogP contribution in [0.5, 0.6) is 0 Å². The number of hydrogen-bond acceptors (Lipinski definition) is 2. The van der Waals surface area contributed by atoms with Crippen molar-refractivity contribution in [2.24, 2.45) is 0 Å². The molecule has 0 heterocycles. The number of hydrogen-bond donors (Lipinski definition) is 1. The Morgan fingerprint density at radius 2 is 2.18 bits per heavy atom. The maximum atomic E-state index is 9.25. The first-order valence-corrected chi connectivity index (χ1v) is 3.75. The molecule has 11 heavy (non-hydrogen) atoms. The van der Waals surface area contributed by atoms with Gasteiger partial charge in [0.25, 0.3) is 0 Å². The van der Waals surface area contributed by atoms with E-state index in [1.165, 1.54) is 12.5 Å². The molecule has 0 aliphatic rings. The standard InChI is InChI=1S/C9H15NO/c1-8(2)5-4-6-9(3,11)7-10/h5,11H,4,6H2,1-3H3. The normalized spacial score (nSPS) is 14.8. The first-order chi connectivity index (χ1) is 4.98. The Labute approximate surface area is 68.2 Å². The Morgan fingerprint density at radius 3 is 2.55 bits per heavy atom. The molecule has 2 nitrogen and oxygen atoms in total. The lowest BCUT2D eigenvalue weighted by atomic mass is 10.0. The van der Waals surface area contributed by atoms with Gasteiger partial charge in [0, 0.05) is 0 Å². The van der Waals surface area contributed by atoms with Crippen LogP contribution in [0.25, 0.3) is 0 Å². The molecule has 0 aliphatic carbocycles. The fraction of sp³-hybridized carbons (Fsp3) is 0.667. The van der Waals surface area contributed by atoms with Gasteiger partial charge in [-0.3, -0.25) is 0 Å². The summed E-state index contributed by atoms with van der Waals surface area (Å²) in [5.41, 5.74) is 0.0603. The van der Waals surface area contributed by atoms with Crippen molar-refractivity contribution < 1.29 is 5.11 Å². The Balaban J connectivity index is 3.74. The summed E-state index contributed by atoms with van der Waals surface area (Å²) in [4.78, 5) is 0. The van der Waals surface area contributed by atoms with E-state index in [0.717, 1.165) is 6.42 Å². The van der Waals surface area contributed by atoms with Gasteiger partial charge in [-0.1, -0.05) is 11.6 Å². The second kappa shape index (κ2) is 4.15. The van der Waals surface area contributed by atoms with Crippen molar-refractivity contribution >= 4 is 0 Å². The van der Waals surface area contributed by atoms with Gasteiger partial charge in [-0.25, -0.2) is 0 Å². The predicted octanol–water partition coefficient (Wildman–Crippen LogP) is 2.01. The van der Waals surface area contributed by atoms with E-state index in [-0.39, 0.29) is 0 Å². The monoisotopic (exact) mass is 153 g/mol. The van der Waals surface area contributed by atoms with E-state index < -0.39 is 5.60 Å². The van der Waals surface area contributed by atoms with Crippen molar-refractivity contribution in [1.29, 1.82) is 5.26 Å². The summed E-state index contributed by atoms with van der Waals surface area (Å²) >= 11 is 0. The van der Waals surface area contributed by atoms with Gasteiger partial charge in [0.1, 0.15) is 5.60 Å². The number of rotatable bonds is 3. The maximum absolute atomic E-state index is 9.25. The predicted molar refractivity (Wildman–Crippen MR) is 44.9 cm³/mol. The van der Waals surface area contributed by atoms with Gasteiger partial charge in [-0.2, -0.15) is 5.26 Å². The van der Waals surface area contributed by atoms with E-state index in [1.54, 1.807) is 0 Å². The van der Waals surface area contributed by atoms with E-state index in [1.807, 2.05) is 26.0 Å². The highest BCUT2D eigenvalue weighted by atomic mass is 16.3. The molecule has 1 N–H and O–H groups in total. The van der Waals surface area contributed by atoms with Crippen LogP contribution in [0.1, 0.15) is 33.6 Å². The van der Waals surface area contributed by atoms with E-state index in [2.05, 4.69) is 0 Å². The number of nitrogens with zero attached hydrogens (tertiary/aromatic N) is 1. The molecule has 0 saturated carbocycles. The van der Waals surface area contributed by atoms with Gasteiger partial charge in [0.2, 0.25) is 0 Å². The zero-order valence-electron chi connectivity index (χ0n) is 7.39. The molecule has 0 amide bonds. The highest BCUT2D eigenvalue weighted by Crippen LogP contribution is 2.11. The molecule has 0 aromatic rings. The van der Waals surface area contributed by atoms with Gasteiger partial charge < -0.3 is 5.11 Å². The number of allylic oxidation sites excluding steroid dienone is 2. The molecule has 0 aliphatic heterocycles. The van der Waals surface area contributed by atoms with Crippen molar-refractivity contribution in [3.8, 4) is 6.07 Å². The topological polar surface area (TPSA) is 44.0 Å². The summed E-state index contributed by atoms with van der Waals surface area (Å²) in [6.07, 6.45) is 3.30. The summed E-state index contributed by atoms with van der Waals surface area (Å²) < 4.78 is 0. The van der Waals surface area contributed by atoms with Crippen LogP contribution >= 0.6 is 0 Å². The molecule has 0 saturated heterocycles. The summed E-state index contributed by atoms with van der Waals surface area (Å²) in [5.74, 6) is 0. The van der Waals surface area contributed by atoms with Crippen LogP contribution in [0.3, 0.4) is 0 Å². The first kappa shape index (κ1) is 10.2. The average molecular weight is 153 g/mol. The molecule has 0 aromatic carbocycles. The SMILES string of the molecule is CC(C)=CCCC(C)(O)C#N. The lowest BCUT2D eigenvalue weighted by Gasteiger charge is -2.11. The minimum Gasteiger partial charge on any atom is -0.376 e. The maximum Gasteiger partial charge on any atom is 0.148 e. The molecule has 1 unspecified atom stereocenters. The minimum atomic E-state index is -1.16. The second-order valence-electron chi connectivity index (χ2n) is 3.21. The lowest BCUT2D eigenvalue weighted by Crippen LogP contribution is -2.20. The highest BCUT2D eigenvalue weighted by molar-refractivity contribution is 5.00. The zero-order valence-corrected chi connectivity index (χ0v) is 7.39. The van der Waals surface area contributed by atoms with Crippen molar-refractivity contribution in [3.63, 3.8) is 0 Å². The number of aliphatic hydroxyl groups is 1. The van der Waals surface area contributed by atoms with E-state index in [9.17, 15) is 5.11 Å². The molecular weight excluding hydrogens is 138 g/mol. The van der Waals surface area contributed by atoms with Crippen LogP contribution in [-0.2, 0) is 0 Å². The largest absolute Gasteiger partial charge is 0.376 e. The van der Waals surface area contributed by atoms with Gasteiger partial charge in [-0.15, -0.1) is 0 Å². The quantitative estimate of drug-likeness (QED) is 0.498. The Bertz CT molecular complexity index is 182. The molecule has 0 rings (SSSR count). The van der Waals surface area contributed by atoms with Crippen LogP contribution in [-0.4, -0.2) is 10.7 Å². The summed E-state index contributed by atoms with van der Waals surface area (Å²) in [6.45, 7) is 5.54. The zero-order chi connectivity index (χ0) is 8.91.